The van der Waals surface area contributed by atoms with E-state index in [0.717, 1.165) is 22.4 Å². The minimum Gasteiger partial charge on any atom is -0.379 e. The Labute approximate surface area is 205 Å². The topological polar surface area (TPSA) is 80.7 Å². The standard InChI is InChI=1S/C23H17Cl2N3O3S2/c1-15-2-9-19(10-3-15)33(29,30)31-18-7-4-16(5-8-18)13-26-28-23-27-22(14-32-23)20-11-6-17(24)12-21(20)25/h2-14H,1H3,(H,27,28). The molecule has 0 aliphatic carbocycles. The number of hydrazone groups is 1. The Hall–Kier alpha value is -2.91. The highest BCUT2D eigenvalue weighted by Crippen LogP contribution is 2.32. The van der Waals surface area contributed by atoms with Crippen LogP contribution in [0.1, 0.15) is 11.1 Å². The summed E-state index contributed by atoms with van der Waals surface area (Å²) in [6.45, 7) is 1.88. The molecule has 1 N–H and O–H groups in total. The summed E-state index contributed by atoms with van der Waals surface area (Å²) in [5.41, 5.74) is 6.09. The van der Waals surface area contributed by atoms with Gasteiger partial charge in [0.05, 0.1) is 16.9 Å². The molecule has 0 aliphatic rings. The molecule has 0 fully saturated rings. The number of nitrogens with one attached hydrogen (secondary N) is 1. The highest BCUT2D eigenvalue weighted by Gasteiger charge is 2.16. The first-order valence-electron chi connectivity index (χ1n) is 9.61. The molecular formula is C23H17Cl2N3O3S2. The first-order valence-corrected chi connectivity index (χ1v) is 12.7. The van der Waals surface area contributed by atoms with Crippen LogP contribution < -0.4 is 9.61 Å². The maximum Gasteiger partial charge on any atom is 0.339 e. The van der Waals surface area contributed by atoms with E-state index in [0.29, 0.717) is 15.2 Å². The molecule has 3 aromatic carbocycles. The van der Waals surface area contributed by atoms with E-state index in [1.807, 2.05) is 18.4 Å². The van der Waals surface area contributed by atoms with Crippen molar-refractivity contribution >= 4 is 56.0 Å². The number of hydrogen-bond acceptors (Lipinski definition) is 7. The first kappa shape index (κ1) is 23.3. The highest BCUT2D eigenvalue weighted by atomic mass is 35.5. The van der Waals surface area contributed by atoms with Crippen LogP contribution in [0.4, 0.5) is 5.13 Å². The second kappa shape index (κ2) is 9.93. The van der Waals surface area contributed by atoms with Gasteiger partial charge in [0.25, 0.3) is 0 Å². The van der Waals surface area contributed by atoms with Gasteiger partial charge in [-0.2, -0.15) is 13.5 Å². The van der Waals surface area contributed by atoms with E-state index in [2.05, 4.69) is 15.5 Å². The zero-order chi connectivity index (χ0) is 23.4. The molecule has 0 aliphatic heterocycles. The zero-order valence-electron chi connectivity index (χ0n) is 17.2. The minimum absolute atomic E-state index is 0.102. The van der Waals surface area contributed by atoms with Crippen LogP contribution in [0.2, 0.25) is 10.0 Å². The van der Waals surface area contributed by atoms with Gasteiger partial charge < -0.3 is 4.18 Å². The Kier molecular flexibility index (Phi) is 6.99. The molecule has 0 radical (unpaired) electrons. The smallest absolute Gasteiger partial charge is 0.339 e. The Bertz CT molecular complexity index is 1400. The van der Waals surface area contributed by atoms with E-state index >= 15 is 0 Å². The van der Waals surface area contributed by atoms with Gasteiger partial charge in [-0.05, 0) is 67.1 Å². The molecule has 6 nitrogen and oxygen atoms in total. The molecular weight excluding hydrogens is 501 g/mol. The molecule has 0 saturated heterocycles. The summed E-state index contributed by atoms with van der Waals surface area (Å²) in [6, 6.07) is 18.2. The Morgan fingerprint density at radius 2 is 1.76 bits per heavy atom. The summed E-state index contributed by atoms with van der Waals surface area (Å²) < 4.78 is 30.0. The lowest BCUT2D eigenvalue weighted by Crippen LogP contribution is -2.09. The van der Waals surface area contributed by atoms with Crippen LogP contribution in [0.3, 0.4) is 0 Å². The minimum atomic E-state index is -3.89. The van der Waals surface area contributed by atoms with E-state index in [1.54, 1.807) is 54.7 Å². The Balaban J connectivity index is 1.38. The molecule has 0 unspecified atom stereocenters. The second-order valence-electron chi connectivity index (χ2n) is 6.95. The molecule has 1 aromatic heterocycles. The number of halogens is 2. The molecule has 0 saturated carbocycles. The van der Waals surface area contributed by atoms with Crippen molar-refractivity contribution in [2.45, 2.75) is 11.8 Å². The van der Waals surface area contributed by atoms with Crippen LogP contribution in [0, 0.1) is 6.92 Å². The van der Waals surface area contributed by atoms with Crippen LogP contribution in [0.5, 0.6) is 5.75 Å². The van der Waals surface area contributed by atoms with E-state index < -0.39 is 10.1 Å². The van der Waals surface area contributed by atoms with Crippen molar-refractivity contribution in [3.8, 4) is 17.0 Å². The molecule has 4 aromatic rings. The SMILES string of the molecule is Cc1ccc(S(=O)(=O)Oc2ccc(C=NNc3nc(-c4ccc(Cl)cc4Cl)cs3)cc2)cc1. The van der Waals surface area contributed by atoms with Gasteiger partial charge in [0.2, 0.25) is 5.13 Å². The number of rotatable bonds is 7. The van der Waals surface area contributed by atoms with Crippen LogP contribution in [-0.4, -0.2) is 19.6 Å². The van der Waals surface area contributed by atoms with Crippen LogP contribution in [-0.2, 0) is 10.1 Å². The van der Waals surface area contributed by atoms with Crippen LogP contribution in [0.25, 0.3) is 11.3 Å². The largest absolute Gasteiger partial charge is 0.379 e. The van der Waals surface area contributed by atoms with E-state index in [1.165, 1.54) is 23.5 Å². The van der Waals surface area contributed by atoms with Crippen molar-refractivity contribution in [3.63, 3.8) is 0 Å². The van der Waals surface area contributed by atoms with Gasteiger partial charge in [-0.1, -0.05) is 40.9 Å². The number of benzene rings is 3. The molecule has 168 valence electrons. The van der Waals surface area contributed by atoms with Gasteiger partial charge in [-0.3, -0.25) is 5.43 Å². The monoisotopic (exact) mass is 517 g/mol. The van der Waals surface area contributed by atoms with Gasteiger partial charge in [-0.25, -0.2) is 4.98 Å². The third kappa shape index (κ3) is 5.91. The molecule has 4 rings (SSSR count). The lowest BCUT2D eigenvalue weighted by atomic mass is 10.2. The van der Waals surface area contributed by atoms with E-state index in [4.69, 9.17) is 27.4 Å². The quantitative estimate of drug-likeness (QED) is 0.169. The highest BCUT2D eigenvalue weighted by molar-refractivity contribution is 7.87. The van der Waals surface area contributed by atoms with Gasteiger partial charge in [-0.15, -0.1) is 11.3 Å². The number of thiazole rings is 1. The number of aryl methyl sites for hydroxylation is 1. The predicted octanol–water partition coefficient (Wildman–Crippen LogP) is 6.64. The van der Waals surface area contributed by atoms with Gasteiger partial charge in [0.15, 0.2) is 0 Å². The molecule has 0 spiro atoms. The average Bonchev–Trinajstić information content (AvgIpc) is 3.23. The number of hydrogen-bond donors (Lipinski definition) is 1. The normalized spacial score (nSPS) is 11.6. The fraction of sp³-hybridized carbons (Fsp3) is 0.0435. The molecule has 1 heterocycles. The van der Waals surface area contributed by atoms with Crippen molar-refractivity contribution in [3.05, 3.63) is 93.3 Å². The lowest BCUT2D eigenvalue weighted by molar-refractivity contribution is 0.486. The van der Waals surface area contributed by atoms with Crippen LogP contribution >= 0.6 is 34.5 Å². The summed E-state index contributed by atoms with van der Waals surface area (Å²) in [4.78, 5) is 4.57. The first-order chi connectivity index (χ1) is 15.8. The average molecular weight is 518 g/mol. The van der Waals surface area contributed by atoms with Crippen molar-refractivity contribution in [1.82, 2.24) is 4.98 Å². The lowest BCUT2D eigenvalue weighted by Gasteiger charge is -2.07. The molecule has 33 heavy (non-hydrogen) atoms. The summed E-state index contributed by atoms with van der Waals surface area (Å²) in [5, 5.41) is 7.72. The van der Waals surface area contributed by atoms with Crippen LogP contribution in [0.15, 0.2) is 82.1 Å². The summed E-state index contributed by atoms with van der Waals surface area (Å²) in [6.07, 6.45) is 1.59. The summed E-state index contributed by atoms with van der Waals surface area (Å²) in [5.74, 6) is 0.213. The van der Waals surface area contributed by atoms with Crippen molar-refractivity contribution in [2.75, 3.05) is 5.43 Å². The van der Waals surface area contributed by atoms with E-state index in [-0.39, 0.29) is 10.6 Å². The van der Waals surface area contributed by atoms with Gasteiger partial charge in [0.1, 0.15) is 10.6 Å². The van der Waals surface area contributed by atoms with Crippen molar-refractivity contribution in [2.24, 2.45) is 5.10 Å². The second-order valence-corrected chi connectivity index (χ2v) is 10.2. The molecule has 0 amide bonds. The van der Waals surface area contributed by atoms with E-state index in [9.17, 15) is 8.42 Å². The number of anilines is 1. The molecule has 10 heteroatoms. The maximum atomic E-state index is 12.4. The van der Waals surface area contributed by atoms with Crippen molar-refractivity contribution < 1.29 is 12.6 Å². The summed E-state index contributed by atoms with van der Waals surface area (Å²) in [7, 11) is -3.89. The third-order valence-electron chi connectivity index (χ3n) is 4.48. The van der Waals surface area contributed by atoms with Gasteiger partial charge >= 0.3 is 10.1 Å². The zero-order valence-corrected chi connectivity index (χ0v) is 20.3. The Morgan fingerprint density at radius 3 is 2.45 bits per heavy atom. The molecule has 0 bridgehead atoms. The third-order valence-corrected chi connectivity index (χ3v) is 7.04. The maximum absolute atomic E-state index is 12.4. The van der Waals surface area contributed by atoms with Crippen molar-refractivity contribution in [1.29, 1.82) is 0 Å². The predicted molar refractivity (Wildman–Crippen MR) is 134 cm³/mol. The molecule has 0 atom stereocenters. The summed E-state index contributed by atoms with van der Waals surface area (Å²) >= 11 is 13.6. The van der Waals surface area contributed by atoms with Gasteiger partial charge in [0, 0.05) is 16.0 Å². The fourth-order valence-corrected chi connectivity index (χ4v) is 4.89. The Morgan fingerprint density at radius 1 is 1.03 bits per heavy atom. The number of aromatic nitrogens is 1. The fourth-order valence-electron chi connectivity index (χ4n) is 2.80. The number of nitrogens with zero attached hydrogens (tertiary/aromatic N) is 2.